The molecule has 2 aromatic rings. The van der Waals surface area contributed by atoms with Crippen LogP contribution < -0.4 is 15.0 Å². The van der Waals surface area contributed by atoms with Crippen LogP contribution in [0.15, 0.2) is 42.5 Å². The summed E-state index contributed by atoms with van der Waals surface area (Å²) in [6.45, 7) is 7.47. The Morgan fingerprint density at radius 1 is 1.11 bits per heavy atom. The number of hydrogen-bond acceptors (Lipinski definition) is 3. The van der Waals surface area contributed by atoms with Crippen LogP contribution in [0.3, 0.4) is 0 Å². The molecule has 5 nitrogen and oxygen atoms in total. The second-order valence-electron chi connectivity index (χ2n) is 7.63. The zero-order valence-electron chi connectivity index (χ0n) is 16.8. The van der Waals surface area contributed by atoms with Gasteiger partial charge in [0.1, 0.15) is 5.75 Å². The standard InChI is InChI=1S/C23H29N3O2/c1-3-28-22-16-20(9-8-17(22)2)25-13-11-19(12-14-25)26-15-10-18-6-4-5-7-21(18)24-23(26)27/h4-9,16,19H,3,10-15H2,1-2H3,(H,24,27). The monoisotopic (exact) mass is 379 g/mol. The Bertz CT molecular complexity index is 843. The molecule has 1 saturated heterocycles. The molecule has 2 aliphatic rings. The smallest absolute Gasteiger partial charge is 0.322 e. The SMILES string of the molecule is CCOc1cc(N2CCC(N3CCc4ccccc4NC3=O)CC2)ccc1C. The fraction of sp³-hybridized carbons (Fsp3) is 0.435. The van der Waals surface area contributed by atoms with Gasteiger partial charge in [0.05, 0.1) is 6.61 Å². The van der Waals surface area contributed by atoms with Crippen LogP contribution in [0, 0.1) is 6.92 Å². The number of benzene rings is 2. The van der Waals surface area contributed by atoms with Gasteiger partial charge in [-0.05, 0) is 56.4 Å². The summed E-state index contributed by atoms with van der Waals surface area (Å²) in [5.74, 6) is 0.965. The zero-order chi connectivity index (χ0) is 19.5. The number of rotatable bonds is 4. The Morgan fingerprint density at radius 3 is 2.68 bits per heavy atom. The van der Waals surface area contributed by atoms with Crippen molar-refractivity contribution >= 4 is 17.4 Å². The fourth-order valence-corrected chi connectivity index (χ4v) is 4.27. The van der Waals surface area contributed by atoms with Crippen LogP contribution >= 0.6 is 0 Å². The van der Waals surface area contributed by atoms with Crippen molar-refractivity contribution in [3.8, 4) is 5.75 Å². The largest absolute Gasteiger partial charge is 0.494 e. The molecule has 0 radical (unpaired) electrons. The van der Waals surface area contributed by atoms with Gasteiger partial charge in [0.15, 0.2) is 0 Å². The van der Waals surface area contributed by atoms with Crippen molar-refractivity contribution in [3.63, 3.8) is 0 Å². The van der Waals surface area contributed by atoms with E-state index in [2.05, 4.69) is 41.4 Å². The van der Waals surface area contributed by atoms with Crippen LogP contribution in [0.4, 0.5) is 16.2 Å². The lowest BCUT2D eigenvalue weighted by molar-refractivity contribution is 0.177. The zero-order valence-corrected chi connectivity index (χ0v) is 16.8. The van der Waals surface area contributed by atoms with Gasteiger partial charge in [-0.2, -0.15) is 0 Å². The van der Waals surface area contributed by atoms with Crippen molar-refractivity contribution in [2.75, 3.05) is 36.5 Å². The number of hydrogen-bond donors (Lipinski definition) is 1. The van der Waals surface area contributed by atoms with E-state index in [1.807, 2.05) is 30.0 Å². The molecule has 0 bridgehead atoms. The van der Waals surface area contributed by atoms with Crippen molar-refractivity contribution in [3.05, 3.63) is 53.6 Å². The molecule has 1 fully saturated rings. The van der Waals surface area contributed by atoms with E-state index < -0.39 is 0 Å². The second-order valence-corrected chi connectivity index (χ2v) is 7.63. The van der Waals surface area contributed by atoms with Gasteiger partial charge in [0.2, 0.25) is 0 Å². The number of nitrogens with zero attached hydrogens (tertiary/aromatic N) is 2. The third-order valence-electron chi connectivity index (χ3n) is 5.88. The van der Waals surface area contributed by atoms with E-state index in [1.165, 1.54) is 16.8 Å². The molecule has 0 spiro atoms. The van der Waals surface area contributed by atoms with E-state index in [9.17, 15) is 4.79 Å². The maximum Gasteiger partial charge on any atom is 0.322 e. The minimum atomic E-state index is 0.0392. The Hall–Kier alpha value is -2.69. The summed E-state index contributed by atoms with van der Waals surface area (Å²) in [5.41, 5.74) is 4.55. The predicted octanol–water partition coefficient (Wildman–Crippen LogP) is 4.45. The van der Waals surface area contributed by atoms with Crippen molar-refractivity contribution in [2.24, 2.45) is 0 Å². The number of carbonyl (C=O) groups is 1. The molecule has 2 amide bonds. The summed E-state index contributed by atoms with van der Waals surface area (Å²) in [6.07, 6.45) is 2.88. The Morgan fingerprint density at radius 2 is 1.89 bits per heavy atom. The summed E-state index contributed by atoms with van der Waals surface area (Å²) < 4.78 is 5.76. The highest BCUT2D eigenvalue weighted by atomic mass is 16.5. The molecule has 5 heteroatoms. The van der Waals surface area contributed by atoms with E-state index >= 15 is 0 Å². The number of aryl methyl sites for hydroxylation is 1. The maximum atomic E-state index is 12.8. The average Bonchev–Trinajstić information content (AvgIpc) is 2.88. The van der Waals surface area contributed by atoms with Gasteiger partial charge in [-0.15, -0.1) is 0 Å². The summed E-state index contributed by atoms with van der Waals surface area (Å²) in [6, 6.07) is 14.9. The highest BCUT2D eigenvalue weighted by Crippen LogP contribution is 2.29. The van der Waals surface area contributed by atoms with Gasteiger partial charge in [0, 0.05) is 43.1 Å². The Kier molecular flexibility index (Phi) is 5.42. The normalized spacial score (nSPS) is 17.7. The van der Waals surface area contributed by atoms with Crippen molar-refractivity contribution < 1.29 is 9.53 Å². The lowest BCUT2D eigenvalue weighted by Gasteiger charge is -2.39. The van der Waals surface area contributed by atoms with Gasteiger partial charge >= 0.3 is 6.03 Å². The van der Waals surface area contributed by atoms with Crippen molar-refractivity contribution in [2.45, 2.75) is 39.2 Å². The average molecular weight is 380 g/mol. The number of fused-ring (bicyclic) bond motifs is 1. The number of ether oxygens (including phenoxy) is 1. The summed E-state index contributed by atoms with van der Waals surface area (Å²) in [7, 11) is 0. The second kappa shape index (κ2) is 8.13. The topological polar surface area (TPSA) is 44.8 Å². The van der Waals surface area contributed by atoms with Gasteiger partial charge in [-0.25, -0.2) is 4.79 Å². The van der Waals surface area contributed by atoms with Gasteiger partial charge in [-0.1, -0.05) is 24.3 Å². The predicted molar refractivity (Wildman–Crippen MR) is 113 cm³/mol. The minimum absolute atomic E-state index is 0.0392. The molecule has 0 aromatic heterocycles. The van der Waals surface area contributed by atoms with E-state index in [-0.39, 0.29) is 6.03 Å². The first-order chi connectivity index (χ1) is 13.7. The van der Waals surface area contributed by atoms with Crippen LogP contribution in [-0.2, 0) is 6.42 Å². The lowest BCUT2D eigenvalue weighted by atomic mass is 10.0. The first-order valence-electron chi connectivity index (χ1n) is 10.3. The molecular formula is C23H29N3O2. The van der Waals surface area contributed by atoms with Gasteiger partial charge < -0.3 is 19.9 Å². The van der Waals surface area contributed by atoms with Gasteiger partial charge in [0.25, 0.3) is 0 Å². The van der Waals surface area contributed by atoms with Crippen molar-refractivity contribution in [1.29, 1.82) is 0 Å². The number of para-hydroxylation sites is 1. The minimum Gasteiger partial charge on any atom is -0.494 e. The van der Waals surface area contributed by atoms with Crippen LogP contribution in [0.25, 0.3) is 0 Å². The molecular weight excluding hydrogens is 350 g/mol. The third kappa shape index (κ3) is 3.79. The fourth-order valence-electron chi connectivity index (χ4n) is 4.27. The maximum absolute atomic E-state index is 12.8. The van der Waals surface area contributed by atoms with Crippen LogP contribution in [0.1, 0.15) is 30.9 Å². The number of anilines is 2. The summed E-state index contributed by atoms with van der Waals surface area (Å²) >= 11 is 0. The van der Waals surface area contributed by atoms with E-state index in [0.717, 1.165) is 50.3 Å². The number of carbonyl (C=O) groups excluding carboxylic acids is 1. The van der Waals surface area contributed by atoms with Crippen LogP contribution in [-0.4, -0.2) is 43.2 Å². The first-order valence-corrected chi connectivity index (χ1v) is 10.3. The van der Waals surface area contributed by atoms with Crippen LogP contribution in [0.2, 0.25) is 0 Å². The molecule has 2 aromatic carbocycles. The number of urea groups is 1. The molecule has 1 N–H and O–H groups in total. The molecule has 4 rings (SSSR count). The molecule has 2 heterocycles. The Labute approximate surface area is 167 Å². The van der Waals surface area contributed by atoms with E-state index in [4.69, 9.17) is 4.74 Å². The molecule has 2 aliphatic heterocycles. The number of nitrogens with one attached hydrogen (secondary N) is 1. The van der Waals surface area contributed by atoms with E-state index in [1.54, 1.807) is 0 Å². The van der Waals surface area contributed by atoms with Crippen molar-refractivity contribution in [1.82, 2.24) is 4.90 Å². The lowest BCUT2D eigenvalue weighted by Crippen LogP contribution is -2.48. The molecule has 0 aliphatic carbocycles. The molecule has 0 unspecified atom stereocenters. The first kappa shape index (κ1) is 18.7. The summed E-state index contributed by atoms with van der Waals surface area (Å²) in [4.78, 5) is 17.2. The van der Waals surface area contributed by atoms with Gasteiger partial charge in [-0.3, -0.25) is 0 Å². The molecule has 0 atom stereocenters. The molecule has 0 saturated carbocycles. The molecule has 28 heavy (non-hydrogen) atoms. The highest BCUT2D eigenvalue weighted by molar-refractivity contribution is 5.91. The summed E-state index contributed by atoms with van der Waals surface area (Å²) in [5, 5.41) is 3.10. The van der Waals surface area contributed by atoms with Crippen LogP contribution in [0.5, 0.6) is 5.75 Å². The number of piperidine rings is 1. The molecule has 148 valence electrons. The quantitative estimate of drug-likeness (QED) is 0.853. The number of amides is 2. The third-order valence-corrected chi connectivity index (χ3v) is 5.88. The van der Waals surface area contributed by atoms with E-state index in [0.29, 0.717) is 12.6 Å². The Balaban J connectivity index is 1.40. The highest BCUT2D eigenvalue weighted by Gasteiger charge is 2.30.